The predicted molar refractivity (Wildman–Crippen MR) is 146 cm³/mol. The van der Waals surface area contributed by atoms with E-state index in [9.17, 15) is 4.79 Å². The maximum atomic E-state index is 13.2. The van der Waals surface area contributed by atoms with Gasteiger partial charge in [0, 0.05) is 46.5 Å². The van der Waals surface area contributed by atoms with Crippen LogP contribution in [0.4, 0.5) is 23.0 Å². The third-order valence-electron chi connectivity index (χ3n) is 5.36. The number of hydrogen-bond donors (Lipinski definition) is 2. The molecule has 0 saturated heterocycles. The fourth-order valence-corrected chi connectivity index (χ4v) is 3.70. The molecule has 0 aliphatic carbocycles. The van der Waals surface area contributed by atoms with Crippen molar-refractivity contribution in [1.82, 2.24) is 9.97 Å². The molecule has 2 heterocycles. The van der Waals surface area contributed by atoms with Crippen LogP contribution in [0.25, 0.3) is 6.08 Å². The van der Waals surface area contributed by atoms with Crippen molar-refractivity contribution < 1.29 is 19.0 Å². The van der Waals surface area contributed by atoms with Crippen LogP contribution >= 0.6 is 11.6 Å². The molecule has 188 valence electrons. The monoisotopic (exact) mass is 516 g/mol. The predicted octanol–water partition coefficient (Wildman–Crippen LogP) is 6.54. The first kappa shape index (κ1) is 25.5. The van der Waals surface area contributed by atoms with Crippen LogP contribution in [0.1, 0.15) is 15.9 Å². The summed E-state index contributed by atoms with van der Waals surface area (Å²) in [6, 6.07) is 17.8. The van der Waals surface area contributed by atoms with Gasteiger partial charge in [0.05, 0.1) is 26.9 Å². The molecule has 0 aliphatic heterocycles. The number of nitrogens with one attached hydrogen (secondary N) is 2. The van der Waals surface area contributed by atoms with Crippen LogP contribution in [0.2, 0.25) is 5.02 Å². The van der Waals surface area contributed by atoms with E-state index in [1.54, 1.807) is 60.9 Å². The second kappa shape index (κ2) is 11.9. The summed E-state index contributed by atoms with van der Waals surface area (Å²) in [5.41, 5.74) is 2.58. The van der Waals surface area contributed by atoms with Crippen LogP contribution in [-0.2, 0) is 0 Å². The lowest BCUT2D eigenvalue weighted by Gasteiger charge is -2.15. The summed E-state index contributed by atoms with van der Waals surface area (Å²) in [6.07, 6.45) is 6.49. The largest absolute Gasteiger partial charge is 0.493 e. The van der Waals surface area contributed by atoms with Crippen LogP contribution in [-0.4, -0.2) is 37.1 Å². The Bertz CT molecular complexity index is 1400. The minimum Gasteiger partial charge on any atom is -0.493 e. The Morgan fingerprint density at radius 1 is 0.811 bits per heavy atom. The molecule has 0 unspecified atom stereocenters. The van der Waals surface area contributed by atoms with Crippen LogP contribution in [0.15, 0.2) is 79.1 Å². The van der Waals surface area contributed by atoms with Crippen molar-refractivity contribution >= 4 is 46.5 Å². The van der Waals surface area contributed by atoms with Crippen molar-refractivity contribution in [3.8, 4) is 17.2 Å². The number of ether oxygens (including phenoxy) is 3. The van der Waals surface area contributed by atoms with E-state index in [1.807, 2.05) is 18.2 Å². The summed E-state index contributed by atoms with van der Waals surface area (Å²) in [6.45, 7) is 0. The zero-order valence-electron chi connectivity index (χ0n) is 20.5. The number of halogens is 1. The average molecular weight is 517 g/mol. The van der Waals surface area contributed by atoms with Gasteiger partial charge in [0.1, 0.15) is 11.6 Å². The Labute approximate surface area is 219 Å². The molecule has 4 rings (SSSR count). The lowest BCUT2D eigenvalue weighted by Crippen LogP contribution is -2.04. The highest BCUT2D eigenvalue weighted by Crippen LogP contribution is 2.40. The van der Waals surface area contributed by atoms with Gasteiger partial charge in [0.2, 0.25) is 5.75 Å². The number of benzene rings is 2. The van der Waals surface area contributed by atoms with Crippen molar-refractivity contribution in [2.75, 3.05) is 32.0 Å². The smallest absolute Gasteiger partial charge is 0.203 e. The quantitative estimate of drug-likeness (QED) is 0.181. The Balaban J connectivity index is 1.58. The van der Waals surface area contributed by atoms with Gasteiger partial charge in [-0.1, -0.05) is 11.6 Å². The molecule has 37 heavy (non-hydrogen) atoms. The molecule has 0 atom stereocenters. The van der Waals surface area contributed by atoms with Gasteiger partial charge in [-0.3, -0.25) is 4.79 Å². The number of aromatic nitrogens is 2. The van der Waals surface area contributed by atoms with Crippen LogP contribution in [0, 0.1) is 0 Å². The molecule has 0 amide bonds. The third kappa shape index (κ3) is 6.17. The average Bonchev–Trinajstić information content (AvgIpc) is 2.93. The SMILES string of the molecule is COc1cc(Nc2ncccc2C(=O)C=Cc2cccnc2Nc2ccc(Cl)cc2)cc(OC)c1OC. The van der Waals surface area contributed by atoms with Gasteiger partial charge in [-0.15, -0.1) is 0 Å². The Kier molecular flexibility index (Phi) is 8.22. The fourth-order valence-electron chi connectivity index (χ4n) is 3.58. The van der Waals surface area contributed by atoms with Crippen molar-refractivity contribution in [2.24, 2.45) is 0 Å². The molecule has 8 nitrogen and oxygen atoms in total. The topological polar surface area (TPSA) is 94.6 Å². The number of carbonyl (C=O) groups excluding carboxylic acids is 1. The highest BCUT2D eigenvalue weighted by molar-refractivity contribution is 6.30. The minimum atomic E-state index is -0.232. The lowest BCUT2D eigenvalue weighted by molar-refractivity contribution is 0.104. The molecule has 9 heteroatoms. The number of ketones is 1. The van der Waals surface area contributed by atoms with Gasteiger partial charge < -0.3 is 24.8 Å². The third-order valence-corrected chi connectivity index (χ3v) is 5.61. The summed E-state index contributed by atoms with van der Waals surface area (Å²) < 4.78 is 16.2. The maximum Gasteiger partial charge on any atom is 0.203 e. The Morgan fingerprint density at radius 3 is 2.08 bits per heavy atom. The Morgan fingerprint density at radius 2 is 1.43 bits per heavy atom. The fraction of sp³-hybridized carbons (Fsp3) is 0.107. The number of hydrogen-bond acceptors (Lipinski definition) is 8. The van der Waals surface area contributed by atoms with Crippen molar-refractivity contribution in [3.05, 3.63) is 95.3 Å². The minimum absolute atomic E-state index is 0.232. The highest BCUT2D eigenvalue weighted by Gasteiger charge is 2.16. The lowest BCUT2D eigenvalue weighted by atomic mass is 10.1. The molecule has 4 aromatic rings. The number of nitrogens with zero attached hydrogens (tertiary/aromatic N) is 2. The van der Waals surface area contributed by atoms with Gasteiger partial charge in [0.15, 0.2) is 17.3 Å². The first-order valence-electron chi connectivity index (χ1n) is 11.2. The summed E-state index contributed by atoms with van der Waals surface area (Å²) in [5, 5.41) is 7.07. The van der Waals surface area contributed by atoms with Crippen molar-refractivity contribution in [2.45, 2.75) is 0 Å². The van der Waals surface area contributed by atoms with Gasteiger partial charge in [0.25, 0.3) is 0 Å². The molecule has 2 aromatic carbocycles. The molecular weight excluding hydrogens is 492 g/mol. The molecule has 0 aliphatic rings. The van der Waals surface area contributed by atoms with Crippen molar-refractivity contribution in [3.63, 3.8) is 0 Å². The van der Waals surface area contributed by atoms with Gasteiger partial charge in [-0.05, 0) is 60.7 Å². The molecule has 0 saturated carbocycles. The first-order valence-corrected chi connectivity index (χ1v) is 11.6. The number of methoxy groups -OCH3 is 3. The second-order valence-corrected chi connectivity index (χ2v) is 8.15. The standard InChI is InChI=1S/C28H25ClN4O4/c1-35-24-16-21(17-25(36-2)26(24)37-3)33-28-22(7-5-15-31-28)23(34)13-8-18-6-4-14-30-27(18)32-20-11-9-19(29)10-12-20/h4-17H,1-3H3,(H,30,32)(H,31,33). The van der Waals surface area contributed by atoms with E-state index in [4.69, 9.17) is 25.8 Å². The zero-order chi connectivity index (χ0) is 26.2. The highest BCUT2D eigenvalue weighted by atomic mass is 35.5. The molecule has 2 N–H and O–H groups in total. The van der Waals surface area contributed by atoms with E-state index in [-0.39, 0.29) is 5.78 Å². The molecule has 0 spiro atoms. The van der Waals surface area contributed by atoms with E-state index in [0.717, 1.165) is 11.3 Å². The van der Waals surface area contributed by atoms with E-state index in [2.05, 4.69) is 20.6 Å². The summed E-state index contributed by atoms with van der Waals surface area (Å²) in [5.74, 6) is 2.18. The van der Waals surface area contributed by atoms with Crippen LogP contribution < -0.4 is 24.8 Å². The van der Waals surface area contributed by atoms with E-state index in [0.29, 0.717) is 45.2 Å². The van der Waals surface area contributed by atoms with Crippen LogP contribution in [0.3, 0.4) is 0 Å². The number of pyridine rings is 2. The molecule has 2 aromatic heterocycles. The van der Waals surface area contributed by atoms with Crippen molar-refractivity contribution in [1.29, 1.82) is 0 Å². The number of carbonyl (C=O) groups is 1. The van der Waals surface area contributed by atoms with Gasteiger partial charge in [-0.25, -0.2) is 9.97 Å². The second-order valence-electron chi connectivity index (χ2n) is 7.71. The maximum absolute atomic E-state index is 13.2. The molecule has 0 radical (unpaired) electrons. The van der Waals surface area contributed by atoms with Gasteiger partial charge >= 0.3 is 0 Å². The first-order chi connectivity index (χ1) is 18.0. The molecular formula is C28H25ClN4O4. The number of anilines is 4. The zero-order valence-corrected chi connectivity index (χ0v) is 21.2. The number of allylic oxidation sites excluding steroid dienone is 1. The number of rotatable bonds is 10. The normalized spacial score (nSPS) is 10.7. The van der Waals surface area contributed by atoms with Gasteiger partial charge in [-0.2, -0.15) is 0 Å². The molecule has 0 fully saturated rings. The summed E-state index contributed by atoms with van der Waals surface area (Å²) in [7, 11) is 4.61. The van der Waals surface area contributed by atoms with Crippen LogP contribution in [0.5, 0.6) is 17.2 Å². The van der Waals surface area contributed by atoms with E-state index >= 15 is 0 Å². The molecule has 0 bridgehead atoms. The summed E-state index contributed by atoms with van der Waals surface area (Å²) in [4.78, 5) is 22.0. The Hall–Kier alpha value is -4.56. The van der Waals surface area contributed by atoms with E-state index < -0.39 is 0 Å². The summed E-state index contributed by atoms with van der Waals surface area (Å²) >= 11 is 5.98. The van der Waals surface area contributed by atoms with E-state index in [1.165, 1.54) is 27.4 Å².